The summed E-state index contributed by atoms with van der Waals surface area (Å²) < 4.78 is 5.55. The summed E-state index contributed by atoms with van der Waals surface area (Å²) in [4.78, 5) is 11.6. The number of piperazine rings is 1. The maximum absolute atomic E-state index is 10.4. The highest BCUT2D eigenvalue weighted by Crippen LogP contribution is 2.39. The molecule has 6 rings (SSSR count). The summed E-state index contributed by atoms with van der Waals surface area (Å²) >= 11 is 0. The highest BCUT2D eigenvalue weighted by molar-refractivity contribution is 5.95. The molecule has 2 saturated heterocycles. The molecule has 2 N–H and O–H groups in total. The Balaban J connectivity index is 0.000000477. The highest BCUT2D eigenvalue weighted by atomic mass is 16.5. The van der Waals surface area contributed by atoms with E-state index in [1.165, 1.54) is 25.9 Å². The lowest BCUT2D eigenvalue weighted by Crippen LogP contribution is -2.51. The van der Waals surface area contributed by atoms with E-state index in [9.17, 15) is 10.4 Å². The minimum atomic E-state index is 0.0802. The zero-order valence-corrected chi connectivity index (χ0v) is 23.4. The number of pyridine rings is 1. The molecule has 1 unspecified atom stereocenters. The van der Waals surface area contributed by atoms with Crippen molar-refractivity contribution in [2.45, 2.75) is 38.3 Å². The number of methoxy groups -OCH3 is 1. The lowest BCUT2D eigenvalue weighted by Gasteiger charge is -2.38. The number of benzene rings is 2. The number of nitriles is 2. The Morgan fingerprint density at radius 2 is 1.88 bits per heavy atom. The van der Waals surface area contributed by atoms with Gasteiger partial charge in [0.15, 0.2) is 0 Å². The van der Waals surface area contributed by atoms with Gasteiger partial charge in [-0.15, -0.1) is 0 Å². The topological polar surface area (TPSA) is 112 Å². The molecule has 9 nitrogen and oxygen atoms in total. The number of fused-ring (bicyclic) bond motifs is 2. The van der Waals surface area contributed by atoms with Crippen LogP contribution in [0.15, 0.2) is 36.4 Å². The summed E-state index contributed by atoms with van der Waals surface area (Å²) in [6.07, 6.45) is 3.98. The molecule has 1 atom stereocenters. The van der Waals surface area contributed by atoms with E-state index in [1.54, 1.807) is 19.2 Å². The molecule has 0 radical (unpaired) electrons. The van der Waals surface area contributed by atoms with E-state index in [4.69, 9.17) is 15.0 Å². The van der Waals surface area contributed by atoms with Gasteiger partial charge < -0.3 is 29.9 Å². The summed E-state index contributed by atoms with van der Waals surface area (Å²) in [6.45, 7) is 6.12. The molecule has 4 heterocycles. The molecule has 0 aliphatic carbocycles. The van der Waals surface area contributed by atoms with Crippen LogP contribution in [0.25, 0.3) is 10.8 Å². The van der Waals surface area contributed by atoms with Gasteiger partial charge >= 0.3 is 0 Å². The van der Waals surface area contributed by atoms with Crippen molar-refractivity contribution >= 4 is 22.3 Å². The van der Waals surface area contributed by atoms with Crippen LogP contribution in [0, 0.1) is 22.7 Å². The molecule has 2 aromatic carbocycles. The number of hydrogen-bond donors (Lipinski definition) is 2. The molecule has 0 bridgehead atoms. The van der Waals surface area contributed by atoms with E-state index in [0.29, 0.717) is 37.4 Å². The van der Waals surface area contributed by atoms with Gasteiger partial charge in [0.1, 0.15) is 23.2 Å². The first kappa shape index (κ1) is 27.5. The Hall–Kier alpha value is -4.05. The highest BCUT2D eigenvalue weighted by Gasteiger charge is 2.31. The number of rotatable bonds is 4. The van der Waals surface area contributed by atoms with Gasteiger partial charge in [0.2, 0.25) is 5.88 Å². The first-order chi connectivity index (χ1) is 19.5. The van der Waals surface area contributed by atoms with Gasteiger partial charge in [-0.1, -0.05) is 24.3 Å². The SMILES string of the molecule is CN1CCCC1.COc1nc(N2CCNC(CC#N)C2)c2c(c1C#N)CN(c1cc(O)cc3ccccc13)CC2. The lowest BCUT2D eigenvalue weighted by atomic mass is 9.94. The molecule has 2 fully saturated rings. The number of nitrogens with zero attached hydrogens (tertiary/aromatic N) is 6. The Labute approximate surface area is 236 Å². The fraction of sp³-hybridized carbons (Fsp3) is 0.452. The molecular formula is C31H37N7O2. The molecule has 3 aliphatic heterocycles. The number of ether oxygens (including phenoxy) is 1. The van der Waals surface area contributed by atoms with Crippen LogP contribution in [0.2, 0.25) is 0 Å². The fourth-order valence-corrected chi connectivity index (χ4v) is 6.00. The molecule has 3 aliphatic rings. The number of hydrogen-bond acceptors (Lipinski definition) is 9. The first-order valence-electron chi connectivity index (χ1n) is 14.0. The van der Waals surface area contributed by atoms with Crippen molar-refractivity contribution in [2.24, 2.45) is 0 Å². The zero-order valence-electron chi connectivity index (χ0n) is 23.4. The largest absolute Gasteiger partial charge is 0.508 e. The van der Waals surface area contributed by atoms with Crippen LogP contribution in [-0.2, 0) is 13.0 Å². The number of aromatic nitrogens is 1. The quantitative estimate of drug-likeness (QED) is 0.511. The Kier molecular flexibility index (Phi) is 8.54. The van der Waals surface area contributed by atoms with Gasteiger partial charge in [-0.25, -0.2) is 0 Å². The summed E-state index contributed by atoms with van der Waals surface area (Å²) in [5, 5.41) is 34.9. The average molecular weight is 540 g/mol. The van der Waals surface area contributed by atoms with E-state index >= 15 is 0 Å². The van der Waals surface area contributed by atoms with Crippen molar-refractivity contribution in [3.8, 4) is 23.8 Å². The van der Waals surface area contributed by atoms with Crippen LogP contribution in [0.3, 0.4) is 0 Å². The number of anilines is 2. The van der Waals surface area contributed by atoms with Crippen molar-refractivity contribution in [2.75, 3.05) is 63.2 Å². The van der Waals surface area contributed by atoms with Crippen molar-refractivity contribution in [1.29, 1.82) is 10.5 Å². The third kappa shape index (κ3) is 5.77. The van der Waals surface area contributed by atoms with Gasteiger partial charge in [-0.05, 0) is 50.9 Å². The number of likely N-dealkylation sites (tertiary alicyclic amines) is 1. The number of nitrogens with one attached hydrogen (secondary N) is 1. The zero-order chi connectivity index (χ0) is 28.1. The lowest BCUT2D eigenvalue weighted by molar-refractivity contribution is 0.393. The second-order valence-electron chi connectivity index (χ2n) is 10.7. The van der Waals surface area contributed by atoms with Crippen LogP contribution >= 0.6 is 0 Å². The number of phenols is 1. The van der Waals surface area contributed by atoms with Crippen LogP contribution in [0.4, 0.5) is 11.5 Å². The van der Waals surface area contributed by atoms with Gasteiger partial charge in [-0.3, -0.25) is 0 Å². The minimum absolute atomic E-state index is 0.0802. The summed E-state index contributed by atoms with van der Waals surface area (Å²) in [5.74, 6) is 1.39. The molecule has 1 aromatic heterocycles. The number of aromatic hydroxyl groups is 1. The van der Waals surface area contributed by atoms with Crippen LogP contribution in [0.1, 0.15) is 36.0 Å². The molecule has 40 heavy (non-hydrogen) atoms. The monoisotopic (exact) mass is 539 g/mol. The Morgan fingerprint density at radius 3 is 2.58 bits per heavy atom. The standard InChI is InChI=1S/C26H26N6O2.C5H11N/c1-34-26-22(14-28)23-16-31(24-13-19(33)12-17-4-2-3-5-20(17)24)10-7-21(23)25(30-26)32-11-9-29-18(15-32)6-8-27;1-6-4-2-3-5-6/h2-5,12-13,18,29,33H,6-7,9-11,15-16H2,1H3;2-5H2,1H3. The van der Waals surface area contributed by atoms with E-state index in [0.717, 1.165) is 53.0 Å². The molecule has 3 aromatic rings. The van der Waals surface area contributed by atoms with Crippen LogP contribution < -0.4 is 19.9 Å². The average Bonchev–Trinajstić information content (AvgIpc) is 3.47. The molecule has 0 amide bonds. The molecule has 0 saturated carbocycles. The molecule has 0 spiro atoms. The maximum atomic E-state index is 10.4. The second kappa shape index (κ2) is 12.4. The van der Waals surface area contributed by atoms with Gasteiger partial charge in [-0.2, -0.15) is 15.5 Å². The van der Waals surface area contributed by atoms with Crippen molar-refractivity contribution in [1.82, 2.24) is 15.2 Å². The molecule has 9 heteroatoms. The third-order valence-corrected chi connectivity index (χ3v) is 8.03. The smallest absolute Gasteiger partial charge is 0.233 e. The van der Waals surface area contributed by atoms with E-state index in [-0.39, 0.29) is 11.8 Å². The third-order valence-electron chi connectivity index (χ3n) is 8.03. The molecule has 208 valence electrons. The Bertz CT molecular complexity index is 1440. The second-order valence-corrected chi connectivity index (χ2v) is 10.7. The van der Waals surface area contributed by atoms with Gasteiger partial charge in [0.05, 0.1) is 19.6 Å². The van der Waals surface area contributed by atoms with Gasteiger partial charge in [0.25, 0.3) is 0 Å². The Morgan fingerprint density at radius 1 is 1.07 bits per heavy atom. The predicted octanol–water partition coefficient (Wildman–Crippen LogP) is 3.79. The van der Waals surface area contributed by atoms with E-state index < -0.39 is 0 Å². The molecular weight excluding hydrogens is 502 g/mol. The van der Waals surface area contributed by atoms with E-state index in [2.05, 4.69) is 45.3 Å². The van der Waals surface area contributed by atoms with Gasteiger partial charge in [0, 0.05) is 67.0 Å². The number of phenolic OH excluding ortho intramolecular Hbond substituents is 1. The van der Waals surface area contributed by atoms with Crippen LogP contribution in [0.5, 0.6) is 11.6 Å². The summed E-state index contributed by atoms with van der Waals surface area (Å²) in [5.41, 5.74) is 3.38. The fourth-order valence-electron chi connectivity index (χ4n) is 6.00. The van der Waals surface area contributed by atoms with E-state index in [1.807, 2.05) is 18.2 Å². The normalized spacial score (nSPS) is 18.9. The predicted molar refractivity (Wildman–Crippen MR) is 157 cm³/mol. The summed E-state index contributed by atoms with van der Waals surface area (Å²) in [7, 11) is 3.71. The van der Waals surface area contributed by atoms with Crippen molar-refractivity contribution in [3.63, 3.8) is 0 Å². The minimum Gasteiger partial charge on any atom is -0.508 e. The summed E-state index contributed by atoms with van der Waals surface area (Å²) in [6, 6.07) is 16.2. The maximum Gasteiger partial charge on any atom is 0.233 e. The first-order valence-corrected chi connectivity index (χ1v) is 14.0. The van der Waals surface area contributed by atoms with Crippen molar-refractivity contribution in [3.05, 3.63) is 53.1 Å². The van der Waals surface area contributed by atoms with Crippen molar-refractivity contribution < 1.29 is 9.84 Å². The van der Waals surface area contributed by atoms with Crippen LogP contribution in [-0.4, -0.2) is 74.5 Å².